The summed E-state index contributed by atoms with van der Waals surface area (Å²) in [6.07, 6.45) is 1.16. The number of carbonyl (C=O) groups is 1. The number of benzene rings is 1. The van der Waals surface area contributed by atoms with E-state index in [1.807, 2.05) is 12.1 Å². The fourth-order valence-electron chi connectivity index (χ4n) is 2.69. The van der Waals surface area contributed by atoms with Crippen molar-refractivity contribution >= 4 is 17.3 Å². The SMILES string of the molecule is CCC(C)N1CCN(c2ccc(N)cc2C(N)=O)CC1. The van der Waals surface area contributed by atoms with E-state index in [-0.39, 0.29) is 0 Å². The summed E-state index contributed by atoms with van der Waals surface area (Å²) in [5.41, 5.74) is 13.2. The molecule has 20 heavy (non-hydrogen) atoms. The van der Waals surface area contributed by atoms with Crippen LogP contribution in [0.1, 0.15) is 30.6 Å². The highest BCUT2D eigenvalue weighted by atomic mass is 16.1. The summed E-state index contributed by atoms with van der Waals surface area (Å²) in [6, 6.07) is 6.00. The van der Waals surface area contributed by atoms with Crippen LogP contribution in [0.25, 0.3) is 0 Å². The van der Waals surface area contributed by atoms with Crippen molar-refractivity contribution in [1.82, 2.24) is 4.90 Å². The molecule has 5 nitrogen and oxygen atoms in total. The Hall–Kier alpha value is -1.75. The highest BCUT2D eigenvalue weighted by Crippen LogP contribution is 2.24. The number of anilines is 2. The van der Waals surface area contributed by atoms with Gasteiger partial charge in [0.15, 0.2) is 0 Å². The summed E-state index contributed by atoms with van der Waals surface area (Å²) in [6.45, 7) is 8.31. The summed E-state index contributed by atoms with van der Waals surface area (Å²) in [5.74, 6) is -0.420. The van der Waals surface area contributed by atoms with Gasteiger partial charge in [-0.3, -0.25) is 9.69 Å². The molecular formula is C15H24N4O. The number of hydrogen-bond donors (Lipinski definition) is 2. The van der Waals surface area contributed by atoms with Crippen LogP contribution in [0, 0.1) is 0 Å². The van der Waals surface area contributed by atoms with E-state index in [0.717, 1.165) is 38.3 Å². The first kappa shape index (κ1) is 14.7. The second kappa shape index (κ2) is 6.13. The van der Waals surface area contributed by atoms with Gasteiger partial charge >= 0.3 is 0 Å². The average molecular weight is 276 g/mol. The fraction of sp³-hybridized carbons (Fsp3) is 0.533. The van der Waals surface area contributed by atoms with E-state index in [9.17, 15) is 4.79 Å². The molecule has 110 valence electrons. The zero-order valence-corrected chi connectivity index (χ0v) is 12.3. The Balaban J connectivity index is 2.13. The number of rotatable bonds is 4. The van der Waals surface area contributed by atoms with Crippen molar-refractivity contribution in [2.45, 2.75) is 26.3 Å². The zero-order chi connectivity index (χ0) is 14.7. The molecule has 1 unspecified atom stereocenters. The van der Waals surface area contributed by atoms with Crippen molar-refractivity contribution < 1.29 is 4.79 Å². The van der Waals surface area contributed by atoms with E-state index in [2.05, 4.69) is 23.6 Å². The van der Waals surface area contributed by atoms with Crippen LogP contribution < -0.4 is 16.4 Å². The predicted octanol–water partition coefficient (Wildman–Crippen LogP) is 1.29. The van der Waals surface area contributed by atoms with Gasteiger partial charge in [0.05, 0.1) is 5.56 Å². The van der Waals surface area contributed by atoms with Crippen LogP contribution in [0.15, 0.2) is 18.2 Å². The summed E-state index contributed by atoms with van der Waals surface area (Å²) in [7, 11) is 0. The molecule has 1 aromatic rings. The molecular weight excluding hydrogens is 252 g/mol. The summed E-state index contributed by atoms with van der Waals surface area (Å²) >= 11 is 0. The monoisotopic (exact) mass is 276 g/mol. The average Bonchev–Trinajstić information content (AvgIpc) is 2.46. The molecule has 1 saturated heterocycles. The third-order valence-electron chi connectivity index (χ3n) is 4.16. The molecule has 1 aliphatic heterocycles. The van der Waals surface area contributed by atoms with Gasteiger partial charge in [0.1, 0.15) is 0 Å². The Morgan fingerprint density at radius 3 is 2.50 bits per heavy atom. The maximum atomic E-state index is 11.6. The quantitative estimate of drug-likeness (QED) is 0.813. The van der Waals surface area contributed by atoms with Gasteiger partial charge in [-0.15, -0.1) is 0 Å². The van der Waals surface area contributed by atoms with Crippen molar-refractivity contribution in [3.05, 3.63) is 23.8 Å². The van der Waals surface area contributed by atoms with Crippen LogP contribution >= 0.6 is 0 Å². The molecule has 1 amide bonds. The molecule has 0 bridgehead atoms. The smallest absolute Gasteiger partial charge is 0.250 e. The number of hydrogen-bond acceptors (Lipinski definition) is 4. The number of amides is 1. The molecule has 0 aliphatic carbocycles. The van der Waals surface area contributed by atoms with E-state index >= 15 is 0 Å². The van der Waals surface area contributed by atoms with Crippen LogP contribution in [0.2, 0.25) is 0 Å². The van der Waals surface area contributed by atoms with Crippen LogP contribution in [0.5, 0.6) is 0 Å². The van der Waals surface area contributed by atoms with Gasteiger partial charge in [0.2, 0.25) is 0 Å². The molecule has 0 spiro atoms. The molecule has 2 rings (SSSR count). The van der Waals surface area contributed by atoms with E-state index in [4.69, 9.17) is 11.5 Å². The van der Waals surface area contributed by atoms with E-state index in [0.29, 0.717) is 17.3 Å². The standard InChI is InChI=1S/C15H24N4O/c1-3-11(2)18-6-8-19(9-7-18)14-5-4-12(16)10-13(14)15(17)20/h4-5,10-11H,3,6-9,16H2,1-2H3,(H2,17,20). The molecule has 1 atom stereocenters. The molecule has 1 aromatic carbocycles. The molecule has 0 radical (unpaired) electrons. The normalized spacial score (nSPS) is 18.0. The Bertz CT molecular complexity index is 481. The lowest BCUT2D eigenvalue weighted by molar-refractivity contribution is 0.100. The second-order valence-electron chi connectivity index (χ2n) is 5.42. The number of piperazine rings is 1. The van der Waals surface area contributed by atoms with Gasteiger partial charge in [-0.1, -0.05) is 6.92 Å². The zero-order valence-electron chi connectivity index (χ0n) is 12.3. The lowest BCUT2D eigenvalue weighted by atomic mass is 10.1. The van der Waals surface area contributed by atoms with Crippen LogP contribution in [-0.2, 0) is 0 Å². The molecule has 0 aromatic heterocycles. The summed E-state index contributed by atoms with van der Waals surface area (Å²) in [5, 5.41) is 0. The lowest BCUT2D eigenvalue weighted by Gasteiger charge is -2.39. The lowest BCUT2D eigenvalue weighted by Crippen LogP contribution is -2.49. The highest BCUT2D eigenvalue weighted by Gasteiger charge is 2.22. The second-order valence-corrected chi connectivity index (χ2v) is 5.42. The molecule has 4 N–H and O–H groups in total. The Labute approximate surface area is 120 Å². The van der Waals surface area contributed by atoms with Crippen molar-refractivity contribution in [1.29, 1.82) is 0 Å². The van der Waals surface area contributed by atoms with E-state index in [1.54, 1.807) is 6.07 Å². The van der Waals surface area contributed by atoms with Gasteiger partial charge in [-0.05, 0) is 31.5 Å². The minimum atomic E-state index is -0.420. The van der Waals surface area contributed by atoms with Gasteiger partial charge in [-0.25, -0.2) is 0 Å². The Kier molecular flexibility index (Phi) is 4.49. The van der Waals surface area contributed by atoms with Crippen molar-refractivity contribution in [3.63, 3.8) is 0 Å². The summed E-state index contributed by atoms with van der Waals surface area (Å²) in [4.78, 5) is 16.3. The third-order valence-corrected chi connectivity index (χ3v) is 4.16. The predicted molar refractivity (Wildman–Crippen MR) is 82.9 cm³/mol. The first-order valence-electron chi connectivity index (χ1n) is 7.21. The Morgan fingerprint density at radius 2 is 1.95 bits per heavy atom. The number of nitrogens with two attached hydrogens (primary N) is 2. The topological polar surface area (TPSA) is 75.6 Å². The molecule has 1 aliphatic rings. The summed E-state index contributed by atoms with van der Waals surface area (Å²) < 4.78 is 0. The molecule has 0 saturated carbocycles. The fourth-order valence-corrected chi connectivity index (χ4v) is 2.69. The first-order valence-corrected chi connectivity index (χ1v) is 7.21. The van der Waals surface area contributed by atoms with Gasteiger partial charge in [0, 0.05) is 43.6 Å². The number of carbonyl (C=O) groups excluding carboxylic acids is 1. The highest BCUT2D eigenvalue weighted by molar-refractivity contribution is 5.99. The third kappa shape index (κ3) is 3.04. The van der Waals surface area contributed by atoms with E-state index < -0.39 is 5.91 Å². The van der Waals surface area contributed by atoms with Gasteiger partial charge in [-0.2, -0.15) is 0 Å². The molecule has 1 heterocycles. The minimum Gasteiger partial charge on any atom is -0.399 e. The molecule has 1 fully saturated rings. The largest absolute Gasteiger partial charge is 0.399 e. The first-order chi connectivity index (χ1) is 9.52. The van der Waals surface area contributed by atoms with E-state index in [1.165, 1.54) is 0 Å². The van der Waals surface area contributed by atoms with Crippen molar-refractivity contribution in [2.75, 3.05) is 36.8 Å². The van der Waals surface area contributed by atoms with Gasteiger partial charge in [0.25, 0.3) is 5.91 Å². The van der Waals surface area contributed by atoms with Crippen LogP contribution in [0.3, 0.4) is 0 Å². The van der Waals surface area contributed by atoms with Crippen molar-refractivity contribution in [2.24, 2.45) is 5.73 Å². The number of primary amides is 1. The minimum absolute atomic E-state index is 0.420. The maximum Gasteiger partial charge on any atom is 0.250 e. The van der Waals surface area contributed by atoms with Crippen molar-refractivity contribution in [3.8, 4) is 0 Å². The Morgan fingerprint density at radius 1 is 1.30 bits per heavy atom. The van der Waals surface area contributed by atoms with Crippen LogP contribution in [0.4, 0.5) is 11.4 Å². The number of nitrogen functional groups attached to an aromatic ring is 1. The van der Waals surface area contributed by atoms with Crippen LogP contribution in [-0.4, -0.2) is 43.0 Å². The number of nitrogens with zero attached hydrogens (tertiary/aromatic N) is 2. The maximum absolute atomic E-state index is 11.6. The molecule has 5 heteroatoms. The van der Waals surface area contributed by atoms with Gasteiger partial charge < -0.3 is 16.4 Å².